The second kappa shape index (κ2) is 9.92. The van der Waals surface area contributed by atoms with E-state index in [9.17, 15) is 0 Å². The number of ether oxygens (including phenoxy) is 1. The molecule has 1 atom stereocenters. The predicted molar refractivity (Wildman–Crippen MR) is 88.1 cm³/mol. The molecule has 1 radical (unpaired) electrons. The fourth-order valence-electron chi connectivity index (χ4n) is 2.24. The monoisotopic (exact) mass is 291 g/mol. The molecule has 1 aromatic rings. The first-order chi connectivity index (χ1) is 9.72. The zero-order valence-corrected chi connectivity index (χ0v) is 14.0. The molecule has 0 fully saturated rings. The average molecular weight is 291 g/mol. The molecule has 111 valence electrons. The summed E-state index contributed by atoms with van der Waals surface area (Å²) in [6, 6.07) is 9.52. The van der Waals surface area contributed by atoms with E-state index in [1.54, 1.807) is 0 Å². The fraction of sp³-hybridized carbons (Fsp3) is 0.529. The quantitative estimate of drug-likeness (QED) is 0.600. The van der Waals surface area contributed by atoms with Gasteiger partial charge in [-0.2, -0.15) is 0 Å². The molecule has 0 spiro atoms. The molecule has 1 aromatic carbocycles. The predicted octanol–water partition coefficient (Wildman–Crippen LogP) is 4.25. The Balaban J connectivity index is 2.49. The molecule has 1 rings (SSSR count). The van der Waals surface area contributed by atoms with Gasteiger partial charge in [-0.1, -0.05) is 50.3 Å². The largest absolute Gasteiger partial charge is 0.414 e. The highest BCUT2D eigenvalue weighted by Gasteiger charge is 2.21. The summed E-state index contributed by atoms with van der Waals surface area (Å²) in [5, 5.41) is 0. The van der Waals surface area contributed by atoms with Crippen molar-refractivity contribution in [2.45, 2.75) is 45.4 Å². The van der Waals surface area contributed by atoms with Crippen molar-refractivity contribution < 1.29 is 9.16 Å². The highest BCUT2D eigenvalue weighted by Crippen LogP contribution is 2.13. The average Bonchev–Trinajstić information content (AvgIpc) is 2.47. The van der Waals surface area contributed by atoms with Gasteiger partial charge in [0, 0.05) is 13.2 Å². The molecule has 2 nitrogen and oxygen atoms in total. The third-order valence-electron chi connectivity index (χ3n) is 3.30. The molecular weight excluding hydrogens is 264 g/mol. The second-order valence-electron chi connectivity index (χ2n) is 4.82. The number of hydrogen-bond donors (Lipinski definition) is 0. The van der Waals surface area contributed by atoms with Gasteiger partial charge in [0.2, 0.25) is 9.04 Å². The van der Waals surface area contributed by atoms with Crippen molar-refractivity contribution in [3.63, 3.8) is 0 Å². The highest BCUT2D eigenvalue weighted by atomic mass is 28.3. The summed E-state index contributed by atoms with van der Waals surface area (Å²) in [5.41, 5.74) is 2.78. The summed E-state index contributed by atoms with van der Waals surface area (Å²) in [7, 11) is -0.873. The Labute approximate surface area is 125 Å². The van der Waals surface area contributed by atoms with Crippen LogP contribution in [0.25, 0.3) is 6.08 Å². The summed E-state index contributed by atoms with van der Waals surface area (Å²) in [5.74, 6) is 0. The lowest BCUT2D eigenvalue weighted by molar-refractivity contribution is 0.109. The minimum absolute atomic E-state index is 0.264. The third kappa shape index (κ3) is 5.61. The van der Waals surface area contributed by atoms with E-state index < -0.39 is 9.04 Å². The lowest BCUT2D eigenvalue weighted by atomic mass is 10.1. The van der Waals surface area contributed by atoms with Crippen molar-refractivity contribution in [3.05, 3.63) is 42.0 Å². The maximum Gasteiger partial charge on any atom is 0.241 e. The Morgan fingerprint density at radius 1 is 1.30 bits per heavy atom. The third-order valence-corrected chi connectivity index (χ3v) is 5.94. The van der Waals surface area contributed by atoms with Crippen LogP contribution in [0.4, 0.5) is 0 Å². The summed E-state index contributed by atoms with van der Waals surface area (Å²) in [4.78, 5) is 0. The van der Waals surface area contributed by atoms with Crippen LogP contribution >= 0.6 is 0 Å². The molecule has 0 aliphatic rings. The zero-order valence-electron chi connectivity index (χ0n) is 13.0. The molecule has 1 unspecified atom stereocenters. The standard InChI is InChI=1S/C17H27O2Si/c1-5-14-20(15(4)18-7-3)19-13-12-17-11-9-8-10-16(17)6-2/h6,8-11,15H,2,5,7,12-14H2,1,3-4H3. The zero-order chi connectivity index (χ0) is 14.8. The van der Waals surface area contributed by atoms with Crippen LogP contribution in [0.2, 0.25) is 6.04 Å². The Bertz CT molecular complexity index is 392. The van der Waals surface area contributed by atoms with Crippen LogP contribution < -0.4 is 0 Å². The molecule has 0 saturated heterocycles. The van der Waals surface area contributed by atoms with Crippen LogP contribution in [0.5, 0.6) is 0 Å². The van der Waals surface area contributed by atoms with Crippen LogP contribution in [0.3, 0.4) is 0 Å². The van der Waals surface area contributed by atoms with Gasteiger partial charge in [0.25, 0.3) is 0 Å². The Morgan fingerprint density at radius 2 is 2.05 bits per heavy atom. The number of hydrogen-bond acceptors (Lipinski definition) is 2. The Kier molecular flexibility index (Phi) is 8.50. The summed E-state index contributed by atoms with van der Waals surface area (Å²) >= 11 is 0. The molecule has 20 heavy (non-hydrogen) atoms. The first-order valence-electron chi connectivity index (χ1n) is 7.53. The van der Waals surface area contributed by atoms with E-state index >= 15 is 0 Å². The Morgan fingerprint density at radius 3 is 2.70 bits per heavy atom. The SMILES string of the molecule is C=Cc1ccccc1CCO[Si](CCC)C(C)OCC. The highest BCUT2D eigenvalue weighted by molar-refractivity contribution is 6.53. The van der Waals surface area contributed by atoms with Gasteiger partial charge in [-0.15, -0.1) is 0 Å². The van der Waals surface area contributed by atoms with Gasteiger partial charge in [-0.05, 0) is 37.4 Å². The van der Waals surface area contributed by atoms with Crippen molar-refractivity contribution in [2.75, 3.05) is 13.2 Å². The van der Waals surface area contributed by atoms with E-state index in [1.807, 2.05) is 19.1 Å². The smallest absolute Gasteiger partial charge is 0.241 e. The molecule has 0 bridgehead atoms. The van der Waals surface area contributed by atoms with E-state index in [4.69, 9.17) is 9.16 Å². The lowest BCUT2D eigenvalue weighted by Gasteiger charge is -2.21. The van der Waals surface area contributed by atoms with Crippen molar-refractivity contribution in [1.29, 1.82) is 0 Å². The lowest BCUT2D eigenvalue weighted by Crippen LogP contribution is -2.34. The summed E-state index contributed by atoms with van der Waals surface area (Å²) in [6.45, 7) is 11.8. The minimum atomic E-state index is -0.873. The molecular formula is C17H27O2Si. The molecule has 0 aliphatic heterocycles. The van der Waals surface area contributed by atoms with E-state index in [0.717, 1.165) is 32.1 Å². The molecule has 0 saturated carbocycles. The normalized spacial score (nSPS) is 12.6. The van der Waals surface area contributed by atoms with Crippen molar-refractivity contribution >= 4 is 15.1 Å². The number of rotatable bonds is 10. The Hall–Kier alpha value is -0.903. The van der Waals surface area contributed by atoms with Crippen molar-refractivity contribution in [2.24, 2.45) is 0 Å². The van der Waals surface area contributed by atoms with Crippen LogP contribution in [-0.4, -0.2) is 28.0 Å². The van der Waals surface area contributed by atoms with E-state index in [2.05, 4.69) is 38.6 Å². The van der Waals surface area contributed by atoms with Gasteiger partial charge in [-0.25, -0.2) is 0 Å². The molecule has 0 aromatic heterocycles. The molecule has 0 N–H and O–H groups in total. The first kappa shape index (κ1) is 17.1. The van der Waals surface area contributed by atoms with Gasteiger partial charge in [0.05, 0.1) is 5.73 Å². The minimum Gasteiger partial charge on any atom is -0.414 e. The molecule has 0 amide bonds. The van der Waals surface area contributed by atoms with Gasteiger partial charge in [0.15, 0.2) is 0 Å². The first-order valence-corrected chi connectivity index (χ1v) is 9.22. The topological polar surface area (TPSA) is 18.5 Å². The second-order valence-corrected chi connectivity index (χ2v) is 7.35. The van der Waals surface area contributed by atoms with Gasteiger partial charge >= 0.3 is 0 Å². The van der Waals surface area contributed by atoms with Crippen molar-refractivity contribution in [3.8, 4) is 0 Å². The maximum absolute atomic E-state index is 6.14. The maximum atomic E-state index is 6.14. The van der Waals surface area contributed by atoms with Crippen LogP contribution in [0.15, 0.2) is 30.8 Å². The summed E-state index contributed by atoms with van der Waals surface area (Å²) in [6.07, 6.45) is 4.02. The van der Waals surface area contributed by atoms with E-state index in [1.165, 1.54) is 11.1 Å². The van der Waals surface area contributed by atoms with E-state index in [0.29, 0.717) is 0 Å². The van der Waals surface area contributed by atoms with Crippen LogP contribution in [0, 0.1) is 0 Å². The molecule has 3 heteroatoms. The van der Waals surface area contributed by atoms with Crippen molar-refractivity contribution in [1.82, 2.24) is 0 Å². The van der Waals surface area contributed by atoms with Crippen LogP contribution in [0.1, 0.15) is 38.3 Å². The summed E-state index contributed by atoms with van der Waals surface area (Å²) < 4.78 is 11.9. The van der Waals surface area contributed by atoms with E-state index in [-0.39, 0.29) is 5.73 Å². The van der Waals surface area contributed by atoms with Gasteiger partial charge in [0.1, 0.15) is 0 Å². The molecule has 0 aliphatic carbocycles. The fourth-order valence-corrected chi connectivity index (χ4v) is 4.23. The number of benzene rings is 1. The van der Waals surface area contributed by atoms with Crippen LogP contribution in [-0.2, 0) is 15.6 Å². The van der Waals surface area contributed by atoms with Gasteiger partial charge in [-0.3, -0.25) is 0 Å². The van der Waals surface area contributed by atoms with Gasteiger partial charge < -0.3 is 9.16 Å². The molecule has 0 heterocycles.